The molecular formula is C14H20FNO. The number of benzene rings is 1. The summed E-state index contributed by atoms with van der Waals surface area (Å²) in [5.74, 6) is 0.449. The van der Waals surface area contributed by atoms with Crippen molar-refractivity contribution >= 4 is 0 Å². The van der Waals surface area contributed by atoms with Gasteiger partial charge in [0.25, 0.3) is 0 Å². The van der Waals surface area contributed by atoms with E-state index in [9.17, 15) is 4.39 Å². The van der Waals surface area contributed by atoms with E-state index in [1.54, 1.807) is 6.07 Å². The van der Waals surface area contributed by atoms with Crippen LogP contribution < -0.4 is 4.74 Å². The maximum Gasteiger partial charge on any atom is 0.126 e. The Balaban J connectivity index is 2.00. The summed E-state index contributed by atoms with van der Waals surface area (Å²) >= 11 is 0. The van der Waals surface area contributed by atoms with Gasteiger partial charge in [-0.15, -0.1) is 0 Å². The van der Waals surface area contributed by atoms with Crippen molar-refractivity contribution in [3.8, 4) is 5.75 Å². The number of hydrogen-bond donors (Lipinski definition) is 0. The van der Waals surface area contributed by atoms with Crippen LogP contribution >= 0.6 is 0 Å². The number of aryl methyl sites for hydroxylation is 1. The first-order chi connectivity index (χ1) is 8.06. The summed E-state index contributed by atoms with van der Waals surface area (Å²) in [6.45, 7) is 8.33. The number of hydrogen-bond acceptors (Lipinski definition) is 2. The molecule has 1 heterocycles. The van der Waals surface area contributed by atoms with Crippen LogP contribution in [0.4, 0.5) is 4.39 Å². The molecule has 94 valence electrons. The Labute approximate surface area is 102 Å². The van der Waals surface area contributed by atoms with Gasteiger partial charge in [-0.25, -0.2) is 4.39 Å². The first-order valence-corrected chi connectivity index (χ1v) is 6.23. The van der Waals surface area contributed by atoms with Gasteiger partial charge in [-0.05, 0) is 38.8 Å². The first kappa shape index (κ1) is 12.4. The lowest BCUT2D eigenvalue weighted by Crippen LogP contribution is -2.30. The average molecular weight is 237 g/mol. The van der Waals surface area contributed by atoms with E-state index in [0.717, 1.165) is 25.1 Å². The average Bonchev–Trinajstić information content (AvgIpc) is 2.72. The van der Waals surface area contributed by atoms with E-state index in [0.29, 0.717) is 11.8 Å². The van der Waals surface area contributed by atoms with Crippen molar-refractivity contribution in [2.24, 2.45) is 0 Å². The van der Waals surface area contributed by atoms with Crippen LogP contribution in [0.3, 0.4) is 0 Å². The van der Waals surface area contributed by atoms with Gasteiger partial charge in [0.15, 0.2) is 0 Å². The fourth-order valence-corrected chi connectivity index (χ4v) is 2.20. The van der Waals surface area contributed by atoms with Gasteiger partial charge in [-0.2, -0.15) is 0 Å². The zero-order chi connectivity index (χ0) is 12.4. The number of nitrogens with zero attached hydrogens (tertiary/aromatic N) is 1. The first-order valence-electron chi connectivity index (χ1n) is 6.23. The maximum absolute atomic E-state index is 13.1. The van der Waals surface area contributed by atoms with E-state index in [-0.39, 0.29) is 11.9 Å². The lowest BCUT2D eigenvalue weighted by Gasteiger charge is -2.20. The van der Waals surface area contributed by atoms with Crippen LogP contribution in [0.25, 0.3) is 0 Å². The minimum absolute atomic E-state index is 0.192. The molecule has 0 unspecified atom stereocenters. The second-order valence-corrected chi connectivity index (χ2v) is 5.03. The molecule has 17 heavy (non-hydrogen) atoms. The van der Waals surface area contributed by atoms with E-state index in [4.69, 9.17) is 4.74 Å². The highest BCUT2D eigenvalue weighted by atomic mass is 19.1. The Kier molecular flexibility index (Phi) is 3.67. The molecule has 1 aromatic rings. The molecule has 0 N–H and O–H groups in total. The highest BCUT2D eigenvalue weighted by molar-refractivity contribution is 5.32. The molecule has 0 saturated carbocycles. The third kappa shape index (κ3) is 2.97. The molecule has 0 amide bonds. The number of ether oxygens (including phenoxy) is 1. The number of rotatable bonds is 3. The summed E-state index contributed by atoms with van der Waals surface area (Å²) in [6, 6.07) is 5.27. The highest BCUT2D eigenvalue weighted by Gasteiger charge is 2.25. The second kappa shape index (κ2) is 5.05. The van der Waals surface area contributed by atoms with Crippen LogP contribution in [0, 0.1) is 12.7 Å². The molecule has 1 fully saturated rings. The van der Waals surface area contributed by atoms with Gasteiger partial charge in [-0.3, -0.25) is 4.90 Å². The molecule has 1 aromatic carbocycles. The SMILES string of the molecule is Cc1ccc(F)cc1O[C@H]1CCN(C(C)C)C1. The van der Waals surface area contributed by atoms with Crippen molar-refractivity contribution in [3.05, 3.63) is 29.6 Å². The van der Waals surface area contributed by atoms with Crippen LogP contribution in [-0.4, -0.2) is 30.1 Å². The van der Waals surface area contributed by atoms with E-state index >= 15 is 0 Å². The summed E-state index contributed by atoms with van der Waals surface area (Å²) in [5.41, 5.74) is 0.995. The largest absolute Gasteiger partial charge is 0.489 e. The number of likely N-dealkylation sites (tertiary alicyclic amines) is 1. The Morgan fingerprint density at radius 2 is 2.18 bits per heavy atom. The smallest absolute Gasteiger partial charge is 0.126 e. The molecule has 1 aliphatic rings. The topological polar surface area (TPSA) is 12.5 Å². The molecule has 1 atom stereocenters. The molecule has 3 heteroatoms. The predicted octanol–water partition coefficient (Wildman–Crippen LogP) is 3.00. The van der Waals surface area contributed by atoms with Gasteiger partial charge in [0.05, 0.1) is 0 Å². The van der Waals surface area contributed by atoms with Gasteiger partial charge in [0, 0.05) is 25.2 Å². The summed E-state index contributed by atoms with van der Waals surface area (Å²) in [4.78, 5) is 2.39. The van der Waals surface area contributed by atoms with Crippen LogP contribution in [0.1, 0.15) is 25.8 Å². The highest BCUT2D eigenvalue weighted by Crippen LogP contribution is 2.23. The maximum atomic E-state index is 13.1. The molecule has 0 radical (unpaired) electrons. The van der Waals surface area contributed by atoms with Crippen molar-refractivity contribution in [1.82, 2.24) is 4.90 Å². The molecule has 0 aromatic heterocycles. The zero-order valence-corrected chi connectivity index (χ0v) is 10.7. The van der Waals surface area contributed by atoms with Crippen LogP contribution in [0.15, 0.2) is 18.2 Å². The van der Waals surface area contributed by atoms with Gasteiger partial charge < -0.3 is 4.74 Å². The molecule has 2 rings (SSSR count). The quantitative estimate of drug-likeness (QED) is 0.801. The van der Waals surface area contributed by atoms with Crippen molar-refractivity contribution in [2.45, 2.75) is 39.3 Å². The van der Waals surface area contributed by atoms with Crippen LogP contribution in [-0.2, 0) is 0 Å². The van der Waals surface area contributed by atoms with Gasteiger partial charge in [0.2, 0.25) is 0 Å². The normalized spacial score (nSPS) is 21.1. The Bertz CT molecular complexity index is 392. The molecular weight excluding hydrogens is 217 g/mol. The summed E-state index contributed by atoms with van der Waals surface area (Å²) in [6.07, 6.45) is 1.21. The van der Waals surface area contributed by atoms with Crippen LogP contribution in [0.5, 0.6) is 5.75 Å². The molecule has 0 aliphatic carbocycles. The zero-order valence-electron chi connectivity index (χ0n) is 10.7. The second-order valence-electron chi connectivity index (χ2n) is 5.03. The van der Waals surface area contributed by atoms with Crippen molar-refractivity contribution in [1.29, 1.82) is 0 Å². The third-order valence-corrected chi connectivity index (χ3v) is 3.35. The minimum atomic E-state index is -0.232. The molecule has 2 nitrogen and oxygen atoms in total. The van der Waals surface area contributed by atoms with E-state index in [1.165, 1.54) is 12.1 Å². The van der Waals surface area contributed by atoms with E-state index in [1.807, 2.05) is 6.92 Å². The lowest BCUT2D eigenvalue weighted by molar-refractivity contribution is 0.186. The predicted molar refractivity (Wildman–Crippen MR) is 66.9 cm³/mol. The number of halogens is 1. The Morgan fingerprint density at radius 1 is 1.41 bits per heavy atom. The molecule has 1 saturated heterocycles. The monoisotopic (exact) mass is 237 g/mol. The molecule has 1 aliphatic heterocycles. The summed E-state index contributed by atoms with van der Waals surface area (Å²) < 4.78 is 19.0. The minimum Gasteiger partial charge on any atom is -0.489 e. The Morgan fingerprint density at radius 3 is 2.82 bits per heavy atom. The van der Waals surface area contributed by atoms with Crippen LogP contribution in [0.2, 0.25) is 0 Å². The third-order valence-electron chi connectivity index (χ3n) is 3.35. The van der Waals surface area contributed by atoms with Gasteiger partial charge in [0.1, 0.15) is 17.7 Å². The fraction of sp³-hybridized carbons (Fsp3) is 0.571. The van der Waals surface area contributed by atoms with E-state index < -0.39 is 0 Å². The fourth-order valence-electron chi connectivity index (χ4n) is 2.20. The molecule has 0 bridgehead atoms. The van der Waals surface area contributed by atoms with Gasteiger partial charge in [-0.1, -0.05) is 6.07 Å². The van der Waals surface area contributed by atoms with Gasteiger partial charge >= 0.3 is 0 Å². The van der Waals surface area contributed by atoms with Crippen molar-refractivity contribution < 1.29 is 9.13 Å². The standard InChI is InChI=1S/C14H20FNO/c1-10(2)16-7-6-13(9-16)17-14-8-12(15)5-4-11(14)3/h4-5,8,10,13H,6-7,9H2,1-3H3/t13-/m0/s1. The summed E-state index contributed by atoms with van der Waals surface area (Å²) in [7, 11) is 0. The Hall–Kier alpha value is -1.09. The van der Waals surface area contributed by atoms with Crippen molar-refractivity contribution in [2.75, 3.05) is 13.1 Å². The molecule has 0 spiro atoms. The van der Waals surface area contributed by atoms with E-state index in [2.05, 4.69) is 18.7 Å². The van der Waals surface area contributed by atoms with Crippen molar-refractivity contribution in [3.63, 3.8) is 0 Å². The summed E-state index contributed by atoms with van der Waals surface area (Å²) in [5, 5.41) is 0. The lowest BCUT2D eigenvalue weighted by atomic mass is 10.2.